The van der Waals surface area contributed by atoms with Gasteiger partial charge in [-0.1, -0.05) is 17.7 Å². The lowest BCUT2D eigenvalue weighted by atomic mass is 9.95. The summed E-state index contributed by atoms with van der Waals surface area (Å²) in [7, 11) is 0. The van der Waals surface area contributed by atoms with E-state index in [1.807, 2.05) is 17.5 Å². The maximum atomic E-state index is 11.7. The van der Waals surface area contributed by atoms with Gasteiger partial charge in [-0.2, -0.15) is 0 Å². The first-order valence-corrected chi connectivity index (χ1v) is 5.99. The van der Waals surface area contributed by atoms with Gasteiger partial charge < -0.3 is 0 Å². The Kier molecular flexibility index (Phi) is 3.14. The number of ketones is 1. The van der Waals surface area contributed by atoms with E-state index in [1.54, 1.807) is 11.3 Å². The van der Waals surface area contributed by atoms with E-state index in [9.17, 15) is 4.79 Å². The van der Waals surface area contributed by atoms with E-state index in [0.29, 0.717) is 6.42 Å². The van der Waals surface area contributed by atoms with Gasteiger partial charge in [0.05, 0.1) is 4.88 Å². The molecular formula is C12H14OS. The molecule has 0 spiro atoms. The molecule has 0 bridgehead atoms. The van der Waals surface area contributed by atoms with Crippen molar-refractivity contribution in [3.8, 4) is 0 Å². The number of allylic oxidation sites excluding steroid dienone is 2. The lowest BCUT2D eigenvalue weighted by molar-refractivity contribution is 0.0995. The van der Waals surface area contributed by atoms with Crippen molar-refractivity contribution in [1.82, 2.24) is 0 Å². The van der Waals surface area contributed by atoms with E-state index in [-0.39, 0.29) is 5.78 Å². The zero-order chi connectivity index (χ0) is 9.80. The standard InChI is InChI=1S/C12H14OS/c13-11(12-7-4-8-14-12)9-10-5-2-1-3-6-10/h4-5,7-8H,1-3,6,9H2. The van der Waals surface area contributed by atoms with Gasteiger partial charge in [0.2, 0.25) is 0 Å². The summed E-state index contributed by atoms with van der Waals surface area (Å²) >= 11 is 1.54. The van der Waals surface area contributed by atoms with Gasteiger partial charge in [-0.25, -0.2) is 0 Å². The van der Waals surface area contributed by atoms with Crippen LogP contribution in [0.3, 0.4) is 0 Å². The summed E-state index contributed by atoms with van der Waals surface area (Å²) in [5.41, 5.74) is 1.34. The summed E-state index contributed by atoms with van der Waals surface area (Å²) in [5, 5.41) is 1.96. The number of hydrogen-bond donors (Lipinski definition) is 0. The summed E-state index contributed by atoms with van der Waals surface area (Å²) in [4.78, 5) is 12.6. The Hall–Kier alpha value is -0.890. The van der Waals surface area contributed by atoms with Crippen molar-refractivity contribution in [2.75, 3.05) is 0 Å². The fourth-order valence-corrected chi connectivity index (χ4v) is 2.46. The van der Waals surface area contributed by atoms with Crippen molar-refractivity contribution in [2.45, 2.75) is 32.1 Å². The highest BCUT2D eigenvalue weighted by molar-refractivity contribution is 7.12. The number of rotatable bonds is 3. The smallest absolute Gasteiger partial charge is 0.176 e. The maximum absolute atomic E-state index is 11.7. The molecule has 0 fully saturated rings. The third-order valence-corrected chi connectivity index (χ3v) is 3.48. The lowest BCUT2D eigenvalue weighted by Crippen LogP contribution is -2.01. The highest BCUT2D eigenvalue weighted by Crippen LogP contribution is 2.22. The molecule has 0 atom stereocenters. The Morgan fingerprint density at radius 2 is 2.36 bits per heavy atom. The van der Waals surface area contributed by atoms with Gasteiger partial charge in [-0.3, -0.25) is 4.79 Å². The number of Topliss-reactive ketones (excluding diaryl/α,β-unsaturated/α-hetero) is 1. The molecule has 0 N–H and O–H groups in total. The third kappa shape index (κ3) is 2.32. The van der Waals surface area contributed by atoms with Gasteiger partial charge in [0.1, 0.15) is 0 Å². The molecule has 0 saturated carbocycles. The number of hydrogen-bond acceptors (Lipinski definition) is 2. The van der Waals surface area contributed by atoms with Crippen molar-refractivity contribution in [2.24, 2.45) is 0 Å². The molecule has 0 radical (unpaired) electrons. The summed E-state index contributed by atoms with van der Waals surface area (Å²) < 4.78 is 0. The average molecular weight is 206 g/mol. The highest BCUT2D eigenvalue weighted by Gasteiger charge is 2.11. The quantitative estimate of drug-likeness (QED) is 0.542. The van der Waals surface area contributed by atoms with E-state index in [2.05, 4.69) is 6.08 Å². The molecule has 1 aliphatic rings. The summed E-state index contributed by atoms with van der Waals surface area (Å²) in [5.74, 6) is 0.285. The van der Waals surface area contributed by atoms with Crippen LogP contribution >= 0.6 is 11.3 Å². The molecule has 1 aliphatic carbocycles. The molecule has 0 unspecified atom stereocenters. The molecule has 1 aromatic heterocycles. The minimum Gasteiger partial charge on any atom is -0.293 e. The number of carbonyl (C=O) groups excluding carboxylic acids is 1. The Morgan fingerprint density at radius 1 is 1.43 bits per heavy atom. The van der Waals surface area contributed by atoms with Crippen LogP contribution in [0.15, 0.2) is 29.2 Å². The van der Waals surface area contributed by atoms with Crippen LogP contribution in [0.2, 0.25) is 0 Å². The predicted octanol–water partition coefficient (Wildman–Crippen LogP) is 3.82. The zero-order valence-corrected chi connectivity index (χ0v) is 8.98. The van der Waals surface area contributed by atoms with E-state index in [4.69, 9.17) is 0 Å². The van der Waals surface area contributed by atoms with Crippen LogP contribution in [0.1, 0.15) is 41.8 Å². The maximum Gasteiger partial charge on any atom is 0.176 e. The predicted molar refractivity (Wildman–Crippen MR) is 59.8 cm³/mol. The second-order valence-electron chi connectivity index (χ2n) is 3.69. The van der Waals surface area contributed by atoms with Crippen molar-refractivity contribution in [3.63, 3.8) is 0 Å². The largest absolute Gasteiger partial charge is 0.293 e. The molecule has 0 aliphatic heterocycles. The van der Waals surface area contributed by atoms with Gasteiger partial charge in [-0.05, 0) is 37.1 Å². The minimum absolute atomic E-state index is 0.285. The van der Waals surface area contributed by atoms with Gasteiger partial charge in [0.15, 0.2) is 5.78 Å². The zero-order valence-electron chi connectivity index (χ0n) is 8.16. The summed E-state index contributed by atoms with van der Waals surface area (Å²) in [6, 6.07) is 3.85. The fraction of sp³-hybridized carbons (Fsp3) is 0.417. The third-order valence-electron chi connectivity index (χ3n) is 2.57. The molecule has 0 saturated heterocycles. The number of carbonyl (C=O) groups is 1. The van der Waals surface area contributed by atoms with Crippen molar-refractivity contribution >= 4 is 17.1 Å². The second kappa shape index (κ2) is 4.56. The van der Waals surface area contributed by atoms with Crippen LogP contribution < -0.4 is 0 Å². The molecule has 1 aromatic rings. The second-order valence-corrected chi connectivity index (χ2v) is 4.63. The Morgan fingerprint density at radius 3 is 3.00 bits per heavy atom. The minimum atomic E-state index is 0.285. The first-order chi connectivity index (χ1) is 6.86. The molecule has 0 aromatic carbocycles. The molecule has 74 valence electrons. The summed E-state index contributed by atoms with van der Waals surface area (Å²) in [6.45, 7) is 0. The SMILES string of the molecule is O=C(CC1=CCCCC1)c1cccs1. The first kappa shape index (κ1) is 9.66. The van der Waals surface area contributed by atoms with Crippen LogP contribution in [0.5, 0.6) is 0 Å². The van der Waals surface area contributed by atoms with E-state index in [1.165, 1.54) is 18.4 Å². The van der Waals surface area contributed by atoms with Gasteiger partial charge in [-0.15, -0.1) is 11.3 Å². The Balaban J connectivity index is 1.97. The van der Waals surface area contributed by atoms with Gasteiger partial charge in [0, 0.05) is 6.42 Å². The molecule has 1 nitrogen and oxygen atoms in total. The molecule has 0 amide bonds. The number of thiophene rings is 1. The van der Waals surface area contributed by atoms with Crippen LogP contribution in [-0.4, -0.2) is 5.78 Å². The van der Waals surface area contributed by atoms with Crippen LogP contribution in [0, 0.1) is 0 Å². The Labute approximate surface area is 88.5 Å². The van der Waals surface area contributed by atoms with Crippen LogP contribution in [0.4, 0.5) is 0 Å². The summed E-state index contributed by atoms with van der Waals surface area (Å²) in [6.07, 6.45) is 7.71. The molecule has 14 heavy (non-hydrogen) atoms. The van der Waals surface area contributed by atoms with Crippen molar-refractivity contribution in [1.29, 1.82) is 0 Å². The van der Waals surface area contributed by atoms with Crippen LogP contribution in [-0.2, 0) is 0 Å². The van der Waals surface area contributed by atoms with E-state index in [0.717, 1.165) is 17.7 Å². The topological polar surface area (TPSA) is 17.1 Å². The van der Waals surface area contributed by atoms with E-state index < -0.39 is 0 Å². The molecule has 2 rings (SSSR count). The average Bonchev–Trinajstić information content (AvgIpc) is 2.72. The van der Waals surface area contributed by atoms with Gasteiger partial charge >= 0.3 is 0 Å². The van der Waals surface area contributed by atoms with E-state index >= 15 is 0 Å². The normalized spacial score (nSPS) is 16.4. The monoisotopic (exact) mass is 206 g/mol. The Bertz CT molecular complexity index is 335. The van der Waals surface area contributed by atoms with Crippen molar-refractivity contribution < 1.29 is 4.79 Å². The molecule has 1 heterocycles. The van der Waals surface area contributed by atoms with Gasteiger partial charge in [0.25, 0.3) is 0 Å². The lowest BCUT2D eigenvalue weighted by Gasteiger charge is -2.10. The van der Waals surface area contributed by atoms with Crippen molar-refractivity contribution in [3.05, 3.63) is 34.0 Å². The van der Waals surface area contributed by atoms with Crippen LogP contribution in [0.25, 0.3) is 0 Å². The molecular weight excluding hydrogens is 192 g/mol. The molecule has 2 heteroatoms. The first-order valence-electron chi connectivity index (χ1n) is 5.11. The fourth-order valence-electron chi connectivity index (χ4n) is 1.80. The highest BCUT2D eigenvalue weighted by atomic mass is 32.1.